The Labute approximate surface area is 145 Å². The number of benzene rings is 1. The van der Waals surface area contributed by atoms with E-state index in [0.29, 0.717) is 26.2 Å². The van der Waals surface area contributed by atoms with Gasteiger partial charge >= 0.3 is 6.09 Å². The maximum atomic E-state index is 11.0. The second kappa shape index (κ2) is 6.39. The number of hydrogen-bond donors (Lipinski definition) is 1. The summed E-state index contributed by atoms with van der Waals surface area (Å²) in [7, 11) is 0. The van der Waals surface area contributed by atoms with Gasteiger partial charge in [-0.25, -0.2) is 4.79 Å². The highest BCUT2D eigenvalue weighted by Gasteiger charge is 2.20. The van der Waals surface area contributed by atoms with E-state index in [1.165, 1.54) is 4.90 Å². The predicted molar refractivity (Wildman–Crippen MR) is 96.8 cm³/mol. The molecule has 6 heteroatoms. The van der Waals surface area contributed by atoms with Gasteiger partial charge < -0.3 is 14.9 Å². The Bertz CT molecular complexity index is 920. The summed E-state index contributed by atoms with van der Waals surface area (Å²) < 4.78 is 0. The highest BCUT2D eigenvalue weighted by molar-refractivity contribution is 5.86. The first kappa shape index (κ1) is 15.4. The van der Waals surface area contributed by atoms with Crippen molar-refractivity contribution in [3.63, 3.8) is 0 Å². The second-order valence-electron chi connectivity index (χ2n) is 6.13. The van der Waals surface area contributed by atoms with Crippen LogP contribution < -0.4 is 4.90 Å². The number of fused-ring (bicyclic) bond motifs is 1. The van der Waals surface area contributed by atoms with E-state index in [1.54, 1.807) is 6.20 Å². The lowest BCUT2D eigenvalue weighted by molar-refractivity contribution is 0.142. The first-order valence-corrected chi connectivity index (χ1v) is 8.23. The van der Waals surface area contributed by atoms with Gasteiger partial charge in [0.15, 0.2) is 0 Å². The maximum absolute atomic E-state index is 11.0. The van der Waals surface area contributed by atoms with Gasteiger partial charge in [-0.3, -0.25) is 9.97 Å². The van der Waals surface area contributed by atoms with Crippen LogP contribution in [-0.2, 0) is 0 Å². The van der Waals surface area contributed by atoms with Gasteiger partial charge in [-0.15, -0.1) is 0 Å². The Morgan fingerprint density at radius 3 is 2.52 bits per heavy atom. The van der Waals surface area contributed by atoms with Gasteiger partial charge in [0.1, 0.15) is 0 Å². The van der Waals surface area contributed by atoms with Gasteiger partial charge in [0.25, 0.3) is 0 Å². The fourth-order valence-electron chi connectivity index (χ4n) is 3.18. The van der Waals surface area contributed by atoms with Crippen molar-refractivity contribution in [3.8, 4) is 11.1 Å². The Kier molecular flexibility index (Phi) is 3.93. The van der Waals surface area contributed by atoms with Crippen molar-refractivity contribution >= 4 is 22.6 Å². The Morgan fingerprint density at radius 2 is 1.72 bits per heavy atom. The smallest absolute Gasteiger partial charge is 0.407 e. The molecule has 1 aromatic carbocycles. The van der Waals surface area contributed by atoms with Crippen LogP contribution in [0.5, 0.6) is 0 Å². The number of carboxylic acid groups (broad SMARTS) is 1. The molecule has 1 fully saturated rings. The molecule has 2 aromatic heterocycles. The van der Waals surface area contributed by atoms with Gasteiger partial charge in [0.2, 0.25) is 0 Å². The minimum absolute atomic E-state index is 0.516. The molecule has 1 saturated heterocycles. The van der Waals surface area contributed by atoms with E-state index in [0.717, 1.165) is 27.6 Å². The molecule has 0 unspecified atom stereocenters. The number of aromatic nitrogens is 2. The van der Waals surface area contributed by atoms with Crippen molar-refractivity contribution in [1.82, 2.24) is 14.9 Å². The molecule has 126 valence electrons. The molecule has 0 atom stereocenters. The number of amides is 1. The van der Waals surface area contributed by atoms with Crippen LogP contribution in [0.4, 0.5) is 10.5 Å². The van der Waals surface area contributed by atoms with Gasteiger partial charge in [0, 0.05) is 55.7 Å². The number of anilines is 1. The summed E-state index contributed by atoms with van der Waals surface area (Å²) in [5, 5.41) is 11.3. The topological polar surface area (TPSA) is 69.6 Å². The van der Waals surface area contributed by atoms with Crippen LogP contribution in [-0.4, -0.2) is 52.2 Å². The number of piperazine rings is 1. The van der Waals surface area contributed by atoms with Gasteiger partial charge in [0.05, 0.1) is 11.9 Å². The minimum atomic E-state index is -0.850. The molecule has 25 heavy (non-hydrogen) atoms. The van der Waals surface area contributed by atoms with Crippen LogP contribution in [0.25, 0.3) is 21.9 Å². The molecule has 1 aliphatic heterocycles. The van der Waals surface area contributed by atoms with E-state index in [1.807, 2.05) is 24.7 Å². The van der Waals surface area contributed by atoms with Crippen molar-refractivity contribution in [2.45, 2.75) is 0 Å². The molecule has 0 aliphatic carbocycles. The molecule has 0 saturated carbocycles. The standard InChI is InChI=1S/C19H18N4O2/c24-19(25)23-7-5-22(6-8-23)18-10-17(12-21-13-18)14-1-2-16-11-20-4-3-15(16)9-14/h1-4,9-13H,5-8H2,(H,24,25). The molecule has 1 amide bonds. The molecule has 1 N–H and O–H groups in total. The van der Waals surface area contributed by atoms with E-state index in [9.17, 15) is 4.79 Å². The van der Waals surface area contributed by atoms with Crippen LogP contribution in [0, 0.1) is 0 Å². The molecule has 4 rings (SSSR count). The highest BCUT2D eigenvalue weighted by atomic mass is 16.4. The molecule has 3 aromatic rings. The third-order valence-corrected chi connectivity index (χ3v) is 4.61. The van der Waals surface area contributed by atoms with E-state index < -0.39 is 6.09 Å². The van der Waals surface area contributed by atoms with E-state index in [4.69, 9.17) is 5.11 Å². The van der Waals surface area contributed by atoms with Crippen LogP contribution >= 0.6 is 0 Å². The van der Waals surface area contributed by atoms with Gasteiger partial charge in [-0.1, -0.05) is 12.1 Å². The highest BCUT2D eigenvalue weighted by Crippen LogP contribution is 2.27. The minimum Gasteiger partial charge on any atom is -0.465 e. The number of carbonyl (C=O) groups is 1. The summed E-state index contributed by atoms with van der Waals surface area (Å²) in [6.45, 7) is 2.40. The summed E-state index contributed by atoms with van der Waals surface area (Å²) in [6, 6.07) is 10.4. The first-order chi connectivity index (χ1) is 12.2. The monoisotopic (exact) mass is 334 g/mol. The lowest BCUT2D eigenvalue weighted by Crippen LogP contribution is -2.48. The van der Waals surface area contributed by atoms with Crippen molar-refractivity contribution in [1.29, 1.82) is 0 Å². The quantitative estimate of drug-likeness (QED) is 0.780. The number of hydrogen-bond acceptors (Lipinski definition) is 4. The zero-order valence-electron chi connectivity index (χ0n) is 13.7. The van der Waals surface area contributed by atoms with E-state index in [-0.39, 0.29) is 0 Å². The maximum Gasteiger partial charge on any atom is 0.407 e. The molecular weight excluding hydrogens is 316 g/mol. The molecule has 3 heterocycles. The number of pyridine rings is 2. The number of rotatable bonds is 2. The fraction of sp³-hybridized carbons (Fsp3) is 0.211. The second-order valence-corrected chi connectivity index (χ2v) is 6.13. The predicted octanol–water partition coefficient (Wildman–Crippen LogP) is 3.10. The third kappa shape index (κ3) is 3.10. The lowest BCUT2D eigenvalue weighted by Gasteiger charge is -2.34. The van der Waals surface area contributed by atoms with Gasteiger partial charge in [-0.2, -0.15) is 0 Å². The molecule has 0 bridgehead atoms. The summed E-state index contributed by atoms with van der Waals surface area (Å²) in [5.41, 5.74) is 3.19. The van der Waals surface area contributed by atoms with Crippen LogP contribution in [0.3, 0.4) is 0 Å². The van der Waals surface area contributed by atoms with Crippen molar-refractivity contribution in [2.75, 3.05) is 31.1 Å². The average molecular weight is 334 g/mol. The van der Waals surface area contributed by atoms with Crippen molar-refractivity contribution < 1.29 is 9.90 Å². The van der Waals surface area contributed by atoms with Crippen LogP contribution in [0.15, 0.2) is 55.1 Å². The largest absolute Gasteiger partial charge is 0.465 e. The molecule has 0 spiro atoms. The third-order valence-electron chi connectivity index (χ3n) is 4.61. The summed E-state index contributed by atoms with van der Waals surface area (Å²) >= 11 is 0. The average Bonchev–Trinajstić information content (AvgIpc) is 2.68. The summed E-state index contributed by atoms with van der Waals surface area (Å²) in [6.07, 6.45) is 6.50. The Balaban J connectivity index is 1.59. The zero-order chi connectivity index (χ0) is 17.2. The van der Waals surface area contributed by atoms with E-state index >= 15 is 0 Å². The Hall–Kier alpha value is -3.15. The molecular formula is C19H18N4O2. The summed E-state index contributed by atoms with van der Waals surface area (Å²) in [4.78, 5) is 23.2. The fourth-order valence-corrected chi connectivity index (χ4v) is 3.18. The molecule has 0 radical (unpaired) electrons. The first-order valence-electron chi connectivity index (χ1n) is 8.23. The van der Waals surface area contributed by atoms with Crippen LogP contribution in [0.1, 0.15) is 0 Å². The Morgan fingerprint density at radius 1 is 0.880 bits per heavy atom. The van der Waals surface area contributed by atoms with Crippen molar-refractivity contribution in [2.24, 2.45) is 0 Å². The van der Waals surface area contributed by atoms with E-state index in [2.05, 4.69) is 39.1 Å². The van der Waals surface area contributed by atoms with Crippen molar-refractivity contribution in [3.05, 3.63) is 55.1 Å². The van der Waals surface area contributed by atoms with Crippen LogP contribution in [0.2, 0.25) is 0 Å². The van der Waals surface area contributed by atoms with Gasteiger partial charge in [-0.05, 0) is 29.1 Å². The summed E-state index contributed by atoms with van der Waals surface area (Å²) in [5.74, 6) is 0. The SMILES string of the molecule is O=C(O)N1CCN(c2cncc(-c3ccc4cnccc4c3)c2)CC1. The normalized spacial score (nSPS) is 14.7. The molecule has 1 aliphatic rings. The number of nitrogens with zero attached hydrogens (tertiary/aromatic N) is 4. The molecule has 6 nitrogen and oxygen atoms in total. The lowest BCUT2D eigenvalue weighted by atomic mass is 10.0. The zero-order valence-corrected chi connectivity index (χ0v) is 13.7.